The van der Waals surface area contributed by atoms with Crippen molar-refractivity contribution in [3.8, 4) is 12.3 Å². The molecule has 3 fully saturated rings. The number of ketones is 2. The standard InChI is InChI=1S/C20H28O3/c1-4-20(23)12-10-17-15-7-8-18(22)16(6-5-13(2)21)14(15)9-11-19(17,20)3/h1,14-17,23H,5-12H2,2-3H3/t14-,15+,16?,17-,19-,20-/m0/s1. The minimum atomic E-state index is -0.987. The van der Waals surface area contributed by atoms with E-state index in [1.807, 2.05) is 0 Å². The van der Waals surface area contributed by atoms with Crippen LogP contribution in [-0.4, -0.2) is 22.3 Å². The summed E-state index contributed by atoms with van der Waals surface area (Å²) in [7, 11) is 0. The average molecular weight is 316 g/mol. The van der Waals surface area contributed by atoms with Crippen LogP contribution in [0.1, 0.15) is 65.2 Å². The van der Waals surface area contributed by atoms with Crippen LogP contribution in [0.4, 0.5) is 0 Å². The fourth-order valence-corrected chi connectivity index (χ4v) is 5.95. The van der Waals surface area contributed by atoms with Gasteiger partial charge >= 0.3 is 0 Å². The molecule has 0 aromatic carbocycles. The number of hydrogen-bond donors (Lipinski definition) is 1. The maximum atomic E-state index is 12.4. The van der Waals surface area contributed by atoms with Crippen molar-refractivity contribution in [1.29, 1.82) is 0 Å². The van der Waals surface area contributed by atoms with Crippen molar-refractivity contribution in [2.45, 2.75) is 70.8 Å². The van der Waals surface area contributed by atoms with E-state index in [2.05, 4.69) is 12.8 Å². The van der Waals surface area contributed by atoms with E-state index in [1.165, 1.54) is 0 Å². The van der Waals surface area contributed by atoms with Gasteiger partial charge in [-0.15, -0.1) is 6.42 Å². The topological polar surface area (TPSA) is 54.4 Å². The molecule has 1 unspecified atom stereocenters. The van der Waals surface area contributed by atoms with Crippen LogP contribution in [0.2, 0.25) is 0 Å². The van der Waals surface area contributed by atoms with Crippen molar-refractivity contribution in [2.75, 3.05) is 0 Å². The van der Waals surface area contributed by atoms with Crippen LogP contribution >= 0.6 is 0 Å². The summed E-state index contributed by atoms with van der Waals surface area (Å²) in [4.78, 5) is 23.8. The van der Waals surface area contributed by atoms with Gasteiger partial charge in [0.2, 0.25) is 0 Å². The Balaban J connectivity index is 1.83. The van der Waals surface area contributed by atoms with Crippen LogP contribution in [0, 0.1) is 41.4 Å². The molecule has 0 bridgehead atoms. The van der Waals surface area contributed by atoms with Crippen LogP contribution in [-0.2, 0) is 9.59 Å². The number of terminal acetylenes is 1. The molecule has 0 aromatic rings. The summed E-state index contributed by atoms with van der Waals surface area (Å²) in [6.45, 7) is 3.76. The molecule has 3 nitrogen and oxygen atoms in total. The number of fused-ring (bicyclic) bond motifs is 3. The van der Waals surface area contributed by atoms with Crippen LogP contribution in [0.5, 0.6) is 0 Å². The van der Waals surface area contributed by atoms with Gasteiger partial charge in [0.05, 0.1) is 0 Å². The molecule has 1 N–H and O–H groups in total. The molecule has 6 atom stereocenters. The number of aliphatic hydroxyl groups is 1. The second-order valence-corrected chi connectivity index (χ2v) is 8.29. The van der Waals surface area contributed by atoms with Crippen LogP contribution in [0.15, 0.2) is 0 Å². The monoisotopic (exact) mass is 316 g/mol. The van der Waals surface area contributed by atoms with E-state index >= 15 is 0 Å². The molecule has 3 aliphatic carbocycles. The van der Waals surface area contributed by atoms with Crippen LogP contribution in [0.3, 0.4) is 0 Å². The van der Waals surface area contributed by atoms with Crippen molar-refractivity contribution >= 4 is 11.6 Å². The first-order valence-electron chi connectivity index (χ1n) is 9.05. The first-order valence-corrected chi connectivity index (χ1v) is 9.05. The number of Topliss-reactive ketones (excluding diaryl/α,β-unsaturated/α-hetero) is 2. The molecular formula is C20H28O3. The Kier molecular flexibility index (Phi) is 4.17. The minimum Gasteiger partial charge on any atom is -0.377 e. The summed E-state index contributed by atoms with van der Waals surface area (Å²) < 4.78 is 0. The van der Waals surface area contributed by atoms with E-state index in [0.29, 0.717) is 49.2 Å². The van der Waals surface area contributed by atoms with Gasteiger partial charge in [0.15, 0.2) is 0 Å². The molecule has 3 rings (SSSR count). The zero-order valence-electron chi connectivity index (χ0n) is 14.3. The van der Waals surface area contributed by atoms with Gasteiger partial charge in [-0.2, -0.15) is 0 Å². The van der Waals surface area contributed by atoms with Crippen molar-refractivity contribution < 1.29 is 14.7 Å². The Hall–Kier alpha value is -1.14. The predicted octanol–water partition coefficient (Wildman–Crippen LogP) is 3.14. The van der Waals surface area contributed by atoms with Crippen molar-refractivity contribution in [2.24, 2.45) is 29.1 Å². The van der Waals surface area contributed by atoms with E-state index in [-0.39, 0.29) is 17.1 Å². The highest BCUT2D eigenvalue weighted by Crippen LogP contribution is 2.63. The molecule has 3 saturated carbocycles. The van der Waals surface area contributed by atoms with Gasteiger partial charge in [0.1, 0.15) is 17.2 Å². The molecule has 126 valence electrons. The van der Waals surface area contributed by atoms with Gasteiger partial charge in [-0.3, -0.25) is 4.79 Å². The number of hydrogen-bond acceptors (Lipinski definition) is 3. The lowest BCUT2D eigenvalue weighted by Crippen LogP contribution is -2.52. The quantitative estimate of drug-likeness (QED) is 0.814. The Morgan fingerprint density at radius 2 is 2.04 bits per heavy atom. The summed E-state index contributed by atoms with van der Waals surface area (Å²) in [5, 5.41) is 10.9. The second kappa shape index (κ2) is 5.74. The highest BCUT2D eigenvalue weighted by atomic mass is 16.3. The molecule has 0 amide bonds. The van der Waals surface area contributed by atoms with E-state index in [4.69, 9.17) is 6.42 Å². The zero-order chi connectivity index (χ0) is 16.8. The molecule has 3 heteroatoms. The van der Waals surface area contributed by atoms with Gasteiger partial charge in [-0.1, -0.05) is 12.8 Å². The Labute approximate surface area is 139 Å². The van der Waals surface area contributed by atoms with E-state index < -0.39 is 5.60 Å². The first-order chi connectivity index (χ1) is 10.8. The number of rotatable bonds is 3. The fourth-order valence-electron chi connectivity index (χ4n) is 5.95. The molecule has 3 aliphatic rings. The van der Waals surface area contributed by atoms with Gasteiger partial charge in [-0.25, -0.2) is 0 Å². The largest absolute Gasteiger partial charge is 0.377 e. The number of carbonyl (C=O) groups excluding carboxylic acids is 2. The molecule has 0 radical (unpaired) electrons. The Morgan fingerprint density at radius 3 is 2.70 bits per heavy atom. The summed E-state index contributed by atoms with van der Waals surface area (Å²) >= 11 is 0. The van der Waals surface area contributed by atoms with Crippen molar-refractivity contribution in [1.82, 2.24) is 0 Å². The molecule has 0 saturated heterocycles. The fraction of sp³-hybridized carbons (Fsp3) is 0.800. The lowest BCUT2D eigenvalue weighted by molar-refractivity contribution is -0.138. The molecule has 0 aliphatic heterocycles. The SMILES string of the molecule is C#C[C@]1(O)CC[C@H]2[C@@H]3CCC(=O)C(CCC(C)=O)[C@H]3CC[C@@]21C. The first kappa shape index (κ1) is 16.7. The van der Waals surface area contributed by atoms with Crippen molar-refractivity contribution in [3.63, 3.8) is 0 Å². The Bertz CT molecular complexity index is 560. The maximum Gasteiger partial charge on any atom is 0.136 e. The summed E-state index contributed by atoms with van der Waals surface area (Å²) in [5.41, 5.74) is -1.20. The lowest BCUT2D eigenvalue weighted by Gasteiger charge is -2.53. The third-order valence-electron chi connectivity index (χ3n) is 7.34. The van der Waals surface area contributed by atoms with E-state index in [0.717, 1.165) is 25.7 Å². The highest BCUT2D eigenvalue weighted by molar-refractivity contribution is 5.83. The summed E-state index contributed by atoms with van der Waals surface area (Å²) in [6, 6.07) is 0. The maximum absolute atomic E-state index is 12.4. The van der Waals surface area contributed by atoms with Gasteiger partial charge in [-0.05, 0) is 63.2 Å². The van der Waals surface area contributed by atoms with Crippen molar-refractivity contribution in [3.05, 3.63) is 0 Å². The summed E-state index contributed by atoms with van der Waals surface area (Å²) in [5.74, 6) is 4.51. The predicted molar refractivity (Wildman–Crippen MR) is 88.5 cm³/mol. The third-order valence-corrected chi connectivity index (χ3v) is 7.34. The third kappa shape index (κ3) is 2.47. The van der Waals surface area contributed by atoms with Gasteiger partial charge < -0.3 is 9.90 Å². The van der Waals surface area contributed by atoms with Gasteiger partial charge in [0, 0.05) is 24.2 Å². The Morgan fingerprint density at radius 1 is 1.30 bits per heavy atom. The molecule has 0 aromatic heterocycles. The summed E-state index contributed by atoms with van der Waals surface area (Å²) in [6.07, 6.45) is 11.9. The lowest BCUT2D eigenvalue weighted by atomic mass is 9.51. The zero-order valence-corrected chi connectivity index (χ0v) is 14.3. The molecular weight excluding hydrogens is 288 g/mol. The molecule has 0 heterocycles. The normalized spacial score (nSPS) is 45.9. The van der Waals surface area contributed by atoms with E-state index in [9.17, 15) is 14.7 Å². The van der Waals surface area contributed by atoms with Gasteiger partial charge in [0.25, 0.3) is 0 Å². The number of carbonyl (C=O) groups is 2. The van der Waals surface area contributed by atoms with Crippen LogP contribution in [0.25, 0.3) is 0 Å². The smallest absolute Gasteiger partial charge is 0.136 e. The van der Waals surface area contributed by atoms with Crippen LogP contribution < -0.4 is 0 Å². The minimum absolute atomic E-state index is 0.0433. The molecule has 0 spiro atoms. The molecule has 23 heavy (non-hydrogen) atoms. The van der Waals surface area contributed by atoms with E-state index in [1.54, 1.807) is 6.92 Å². The second-order valence-electron chi connectivity index (χ2n) is 8.29. The highest BCUT2D eigenvalue weighted by Gasteiger charge is 2.62. The average Bonchev–Trinajstić information content (AvgIpc) is 2.79.